The molecule has 0 aromatic carbocycles. The number of carbonyl (C=O) groups is 2. The highest BCUT2D eigenvalue weighted by Crippen LogP contribution is 2.13. The average Bonchev–Trinajstić information content (AvgIpc) is 2.39. The van der Waals surface area contributed by atoms with Gasteiger partial charge in [0.05, 0.1) is 6.04 Å². The smallest absolute Gasteiger partial charge is 0.239 e. The second-order valence-electron chi connectivity index (χ2n) is 5.66. The van der Waals surface area contributed by atoms with E-state index in [2.05, 4.69) is 5.32 Å². The zero-order chi connectivity index (χ0) is 14.4. The number of rotatable bonds is 5. The fourth-order valence-electron chi connectivity index (χ4n) is 2.28. The molecule has 5 heteroatoms. The first kappa shape index (κ1) is 16.0. The molecule has 0 bridgehead atoms. The van der Waals surface area contributed by atoms with Gasteiger partial charge in [-0.25, -0.2) is 0 Å². The molecule has 0 spiro atoms. The first-order chi connectivity index (χ1) is 8.95. The summed E-state index contributed by atoms with van der Waals surface area (Å²) in [5.41, 5.74) is 5.85. The average molecular weight is 269 g/mol. The van der Waals surface area contributed by atoms with Crippen LogP contribution in [0, 0.1) is 5.92 Å². The van der Waals surface area contributed by atoms with Gasteiger partial charge in [0.1, 0.15) is 0 Å². The van der Waals surface area contributed by atoms with Crippen molar-refractivity contribution in [2.75, 3.05) is 13.1 Å². The molecular weight excluding hydrogens is 242 g/mol. The Kier molecular flexibility index (Phi) is 6.28. The van der Waals surface area contributed by atoms with Crippen molar-refractivity contribution < 1.29 is 9.59 Å². The van der Waals surface area contributed by atoms with Crippen LogP contribution in [0.5, 0.6) is 0 Å². The topological polar surface area (TPSA) is 75.4 Å². The predicted octanol–water partition coefficient (Wildman–Crippen LogP) is 0.877. The lowest BCUT2D eigenvalue weighted by Crippen LogP contribution is -2.51. The molecule has 1 saturated heterocycles. The zero-order valence-corrected chi connectivity index (χ0v) is 12.3. The highest BCUT2D eigenvalue weighted by Gasteiger charge is 2.26. The summed E-state index contributed by atoms with van der Waals surface area (Å²) in [6, 6.07) is -0.173. The minimum Gasteiger partial charge on any atom is -0.353 e. The van der Waals surface area contributed by atoms with Crippen LogP contribution in [0.1, 0.15) is 46.5 Å². The van der Waals surface area contributed by atoms with Crippen LogP contribution in [0.25, 0.3) is 0 Å². The fourth-order valence-corrected chi connectivity index (χ4v) is 2.28. The number of amides is 2. The molecule has 1 unspecified atom stereocenters. The highest BCUT2D eigenvalue weighted by atomic mass is 16.2. The molecule has 0 aromatic heterocycles. The molecule has 1 aliphatic rings. The van der Waals surface area contributed by atoms with Crippen molar-refractivity contribution in [3.05, 3.63) is 0 Å². The van der Waals surface area contributed by atoms with Gasteiger partial charge < -0.3 is 16.0 Å². The van der Waals surface area contributed by atoms with Crippen LogP contribution in [-0.2, 0) is 9.59 Å². The predicted molar refractivity (Wildman–Crippen MR) is 75.5 cm³/mol. The molecular formula is C14H27N3O2. The minimum absolute atomic E-state index is 0.0117. The maximum atomic E-state index is 12.0. The van der Waals surface area contributed by atoms with Gasteiger partial charge in [-0.1, -0.05) is 27.2 Å². The molecule has 1 heterocycles. The Bertz CT molecular complexity index is 310. The van der Waals surface area contributed by atoms with E-state index in [9.17, 15) is 9.59 Å². The molecule has 110 valence electrons. The number of nitrogens with zero attached hydrogens (tertiary/aromatic N) is 1. The van der Waals surface area contributed by atoms with Gasteiger partial charge in [0, 0.05) is 25.0 Å². The Morgan fingerprint density at radius 2 is 1.89 bits per heavy atom. The van der Waals surface area contributed by atoms with Crippen molar-refractivity contribution >= 4 is 11.8 Å². The molecule has 1 rings (SSSR count). The van der Waals surface area contributed by atoms with Crippen LogP contribution in [0.2, 0.25) is 0 Å². The number of hydrogen-bond acceptors (Lipinski definition) is 3. The molecule has 19 heavy (non-hydrogen) atoms. The lowest BCUT2D eigenvalue weighted by atomic mass is 10.0. The number of piperidine rings is 1. The molecule has 1 aliphatic heterocycles. The van der Waals surface area contributed by atoms with Crippen molar-refractivity contribution in [1.29, 1.82) is 0 Å². The molecule has 2 amide bonds. The summed E-state index contributed by atoms with van der Waals surface area (Å²) in [6.45, 7) is 7.19. The largest absolute Gasteiger partial charge is 0.353 e. The van der Waals surface area contributed by atoms with Gasteiger partial charge in [0.2, 0.25) is 11.8 Å². The summed E-state index contributed by atoms with van der Waals surface area (Å²) in [5, 5.41) is 3.02. The highest BCUT2D eigenvalue weighted by molar-refractivity contribution is 5.82. The molecule has 1 fully saturated rings. The van der Waals surface area contributed by atoms with Crippen molar-refractivity contribution in [2.24, 2.45) is 11.7 Å². The van der Waals surface area contributed by atoms with E-state index >= 15 is 0 Å². The van der Waals surface area contributed by atoms with Crippen LogP contribution >= 0.6 is 0 Å². The number of nitrogens with one attached hydrogen (secondary N) is 1. The van der Waals surface area contributed by atoms with E-state index in [-0.39, 0.29) is 29.8 Å². The van der Waals surface area contributed by atoms with Crippen LogP contribution in [0.3, 0.4) is 0 Å². The Labute approximate surface area is 115 Å². The van der Waals surface area contributed by atoms with E-state index in [1.165, 1.54) is 0 Å². The van der Waals surface area contributed by atoms with Gasteiger partial charge in [-0.2, -0.15) is 0 Å². The summed E-state index contributed by atoms with van der Waals surface area (Å²) in [5.74, 6) is 0.153. The van der Waals surface area contributed by atoms with Crippen LogP contribution in [-0.4, -0.2) is 41.9 Å². The lowest BCUT2D eigenvalue weighted by Gasteiger charge is -2.34. The van der Waals surface area contributed by atoms with E-state index < -0.39 is 0 Å². The van der Waals surface area contributed by atoms with Crippen LogP contribution in [0.4, 0.5) is 0 Å². The van der Waals surface area contributed by atoms with E-state index in [0.717, 1.165) is 25.7 Å². The normalized spacial score (nSPS) is 18.5. The molecule has 0 saturated carbocycles. The van der Waals surface area contributed by atoms with Gasteiger partial charge >= 0.3 is 0 Å². The molecule has 0 aliphatic carbocycles. The fraction of sp³-hybridized carbons (Fsp3) is 0.857. The summed E-state index contributed by atoms with van der Waals surface area (Å²) >= 11 is 0. The van der Waals surface area contributed by atoms with E-state index in [4.69, 9.17) is 5.73 Å². The SMILES string of the molecule is CCCC(N)C(=O)N1CCC(NC(=O)C(C)C)CC1. The van der Waals surface area contributed by atoms with Gasteiger partial charge in [0.25, 0.3) is 0 Å². The Hall–Kier alpha value is -1.10. The molecule has 0 radical (unpaired) electrons. The maximum absolute atomic E-state index is 12.0. The van der Waals surface area contributed by atoms with Crippen LogP contribution in [0.15, 0.2) is 0 Å². The Morgan fingerprint density at radius 3 is 2.37 bits per heavy atom. The first-order valence-electron chi connectivity index (χ1n) is 7.30. The molecule has 5 nitrogen and oxygen atoms in total. The second-order valence-corrected chi connectivity index (χ2v) is 5.66. The number of hydrogen-bond donors (Lipinski definition) is 2. The summed E-state index contributed by atoms with van der Waals surface area (Å²) in [4.78, 5) is 25.5. The van der Waals surface area contributed by atoms with Crippen molar-refractivity contribution in [3.63, 3.8) is 0 Å². The Morgan fingerprint density at radius 1 is 1.32 bits per heavy atom. The molecule has 3 N–H and O–H groups in total. The standard InChI is InChI=1S/C14H27N3O2/c1-4-5-12(15)14(19)17-8-6-11(7-9-17)16-13(18)10(2)3/h10-12H,4-9,15H2,1-3H3,(H,16,18). The summed E-state index contributed by atoms with van der Waals surface area (Å²) in [7, 11) is 0. The molecule has 0 aromatic rings. The number of carbonyl (C=O) groups excluding carboxylic acids is 2. The summed E-state index contributed by atoms with van der Waals surface area (Å²) in [6.07, 6.45) is 3.31. The van der Waals surface area contributed by atoms with E-state index in [1.54, 1.807) is 0 Å². The van der Waals surface area contributed by atoms with Crippen molar-refractivity contribution in [1.82, 2.24) is 10.2 Å². The van der Waals surface area contributed by atoms with Crippen molar-refractivity contribution in [2.45, 2.75) is 58.5 Å². The zero-order valence-electron chi connectivity index (χ0n) is 12.3. The van der Waals surface area contributed by atoms with E-state index in [0.29, 0.717) is 13.1 Å². The van der Waals surface area contributed by atoms with E-state index in [1.807, 2.05) is 25.7 Å². The molecule has 1 atom stereocenters. The first-order valence-corrected chi connectivity index (χ1v) is 7.30. The van der Waals surface area contributed by atoms with Crippen LogP contribution < -0.4 is 11.1 Å². The summed E-state index contributed by atoms with van der Waals surface area (Å²) < 4.78 is 0. The monoisotopic (exact) mass is 269 g/mol. The quantitative estimate of drug-likeness (QED) is 0.778. The van der Waals surface area contributed by atoms with Gasteiger partial charge in [-0.05, 0) is 19.3 Å². The van der Waals surface area contributed by atoms with Gasteiger partial charge in [0.15, 0.2) is 0 Å². The number of nitrogens with two attached hydrogens (primary N) is 1. The third kappa shape index (κ3) is 4.82. The van der Waals surface area contributed by atoms with Crippen molar-refractivity contribution in [3.8, 4) is 0 Å². The third-order valence-electron chi connectivity index (χ3n) is 3.59. The Balaban J connectivity index is 2.36. The second kappa shape index (κ2) is 7.48. The van der Waals surface area contributed by atoms with Gasteiger partial charge in [-0.15, -0.1) is 0 Å². The number of likely N-dealkylation sites (tertiary alicyclic amines) is 1. The minimum atomic E-state index is -0.369. The van der Waals surface area contributed by atoms with Gasteiger partial charge in [-0.3, -0.25) is 9.59 Å². The lowest BCUT2D eigenvalue weighted by molar-refractivity contribution is -0.134. The third-order valence-corrected chi connectivity index (χ3v) is 3.59. The maximum Gasteiger partial charge on any atom is 0.239 e.